The Kier molecular flexibility index (Phi) is 4.78. The summed E-state index contributed by atoms with van der Waals surface area (Å²) >= 11 is 0. The Morgan fingerprint density at radius 2 is 1.58 bits per heavy atom. The van der Waals surface area contributed by atoms with Crippen molar-refractivity contribution in [3.05, 3.63) is 0 Å². The summed E-state index contributed by atoms with van der Waals surface area (Å²) < 4.78 is 0. The first-order valence-electron chi connectivity index (χ1n) is 8.53. The lowest BCUT2D eigenvalue weighted by molar-refractivity contribution is 0.110. The van der Waals surface area contributed by atoms with Gasteiger partial charge in [0.15, 0.2) is 0 Å². The third-order valence-electron chi connectivity index (χ3n) is 5.30. The van der Waals surface area contributed by atoms with Gasteiger partial charge in [-0.2, -0.15) is 0 Å². The highest BCUT2D eigenvalue weighted by atomic mass is 15.3. The average molecular weight is 265 g/mol. The summed E-state index contributed by atoms with van der Waals surface area (Å²) in [7, 11) is 0. The molecule has 0 aromatic heterocycles. The highest BCUT2D eigenvalue weighted by molar-refractivity contribution is 4.87. The Balaban J connectivity index is 1.38. The predicted octanol–water partition coefficient (Wildman–Crippen LogP) is 1.79. The van der Waals surface area contributed by atoms with Crippen LogP contribution < -0.4 is 5.32 Å². The van der Waals surface area contributed by atoms with Crippen molar-refractivity contribution in [2.45, 2.75) is 45.1 Å². The van der Waals surface area contributed by atoms with Gasteiger partial charge in [0.1, 0.15) is 0 Å². The van der Waals surface area contributed by atoms with Crippen molar-refractivity contribution >= 4 is 0 Å². The number of nitrogens with one attached hydrogen (secondary N) is 1. The number of piperazine rings is 1. The van der Waals surface area contributed by atoms with Crippen LogP contribution in [0.25, 0.3) is 0 Å². The van der Waals surface area contributed by atoms with E-state index in [1.54, 1.807) is 0 Å². The molecule has 3 aliphatic rings. The van der Waals surface area contributed by atoms with Crippen LogP contribution in [0.15, 0.2) is 0 Å². The van der Waals surface area contributed by atoms with E-state index in [1.165, 1.54) is 71.4 Å². The van der Waals surface area contributed by atoms with Crippen molar-refractivity contribution in [3.63, 3.8) is 0 Å². The smallest absolute Gasteiger partial charge is 0.0110 e. The summed E-state index contributed by atoms with van der Waals surface area (Å²) in [6.45, 7) is 11.4. The summed E-state index contributed by atoms with van der Waals surface area (Å²) in [5.74, 6) is 1.97. The molecule has 0 spiro atoms. The van der Waals surface area contributed by atoms with E-state index in [0.717, 1.165) is 24.4 Å². The lowest BCUT2D eigenvalue weighted by Crippen LogP contribution is -2.49. The monoisotopic (exact) mass is 265 g/mol. The van der Waals surface area contributed by atoms with E-state index in [2.05, 4.69) is 22.0 Å². The molecule has 3 nitrogen and oxygen atoms in total. The van der Waals surface area contributed by atoms with E-state index in [-0.39, 0.29) is 0 Å². The fraction of sp³-hybridized carbons (Fsp3) is 1.00. The molecule has 2 aliphatic carbocycles. The van der Waals surface area contributed by atoms with Crippen LogP contribution in [0.4, 0.5) is 0 Å². The van der Waals surface area contributed by atoms with Gasteiger partial charge in [0.2, 0.25) is 0 Å². The van der Waals surface area contributed by atoms with Gasteiger partial charge in [-0.15, -0.1) is 0 Å². The normalized spacial score (nSPS) is 33.9. The zero-order chi connectivity index (χ0) is 13.1. The fourth-order valence-corrected chi connectivity index (χ4v) is 3.94. The second-order valence-corrected chi connectivity index (χ2v) is 6.90. The van der Waals surface area contributed by atoms with Crippen LogP contribution in [-0.4, -0.2) is 61.7 Å². The maximum Gasteiger partial charge on any atom is 0.0110 e. The van der Waals surface area contributed by atoms with Crippen LogP contribution in [0, 0.1) is 11.8 Å². The van der Waals surface area contributed by atoms with Crippen LogP contribution in [-0.2, 0) is 0 Å². The molecule has 0 amide bonds. The Labute approximate surface area is 118 Å². The van der Waals surface area contributed by atoms with Crippen LogP contribution in [0.5, 0.6) is 0 Å². The third kappa shape index (κ3) is 3.93. The molecule has 0 aromatic carbocycles. The van der Waals surface area contributed by atoms with Crippen molar-refractivity contribution in [3.8, 4) is 0 Å². The second-order valence-electron chi connectivity index (χ2n) is 6.90. The molecule has 2 saturated carbocycles. The maximum atomic E-state index is 3.69. The summed E-state index contributed by atoms with van der Waals surface area (Å²) in [4.78, 5) is 5.42. The van der Waals surface area contributed by atoms with E-state index in [0.29, 0.717) is 0 Å². The maximum absolute atomic E-state index is 3.69. The summed E-state index contributed by atoms with van der Waals surface area (Å²) in [5, 5.41) is 3.69. The van der Waals surface area contributed by atoms with Gasteiger partial charge in [-0.3, -0.25) is 0 Å². The van der Waals surface area contributed by atoms with E-state index < -0.39 is 0 Å². The largest absolute Gasteiger partial charge is 0.314 e. The third-order valence-corrected chi connectivity index (χ3v) is 5.30. The van der Waals surface area contributed by atoms with Gasteiger partial charge >= 0.3 is 0 Å². The van der Waals surface area contributed by atoms with Gasteiger partial charge in [0.25, 0.3) is 0 Å². The van der Waals surface area contributed by atoms with Gasteiger partial charge < -0.3 is 15.1 Å². The highest BCUT2D eigenvalue weighted by Gasteiger charge is 2.30. The zero-order valence-corrected chi connectivity index (χ0v) is 12.6. The molecular formula is C16H31N3. The molecule has 1 N–H and O–H groups in total. The van der Waals surface area contributed by atoms with Crippen molar-refractivity contribution in [1.82, 2.24) is 15.1 Å². The molecule has 19 heavy (non-hydrogen) atoms. The van der Waals surface area contributed by atoms with Crippen molar-refractivity contribution in [2.75, 3.05) is 45.8 Å². The minimum atomic E-state index is 0.800. The Bertz CT molecular complexity index is 269. The van der Waals surface area contributed by atoms with Gasteiger partial charge in [0.05, 0.1) is 0 Å². The van der Waals surface area contributed by atoms with Gasteiger partial charge in [-0.05, 0) is 44.1 Å². The Morgan fingerprint density at radius 1 is 0.895 bits per heavy atom. The van der Waals surface area contributed by atoms with E-state index in [4.69, 9.17) is 0 Å². The number of rotatable bonds is 6. The predicted molar refractivity (Wildman–Crippen MR) is 80.4 cm³/mol. The summed E-state index contributed by atoms with van der Waals surface area (Å²) in [6.07, 6.45) is 7.27. The first-order valence-corrected chi connectivity index (χ1v) is 8.53. The van der Waals surface area contributed by atoms with E-state index >= 15 is 0 Å². The SMILES string of the molecule is CCNC1CCCC1CN1CCN(CC2CC2)CC1. The lowest BCUT2D eigenvalue weighted by atomic mass is 10.0. The molecule has 1 aliphatic heterocycles. The molecule has 0 radical (unpaired) electrons. The van der Waals surface area contributed by atoms with Crippen LogP contribution in [0.1, 0.15) is 39.0 Å². The molecule has 0 aromatic rings. The molecule has 0 bridgehead atoms. The van der Waals surface area contributed by atoms with E-state index in [1.807, 2.05) is 0 Å². The van der Waals surface area contributed by atoms with Crippen LogP contribution in [0.2, 0.25) is 0 Å². The number of nitrogens with zero attached hydrogens (tertiary/aromatic N) is 2. The first kappa shape index (κ1) is 13.8. The molecule has 3 heteroatoms. The van der Waals surface area contributed by atoms with Gasteiger partial charge in [-0.25, -0.2) is 0 Å². The highest BCUT2D eigenvalue weighted by Crippen LogP contribution is 2.30. The fourth-order valence-electron chi connectivity index (χ4n) is 3.94. The van der Waals surface area contributed by atoms with Crippen molar-refractivity contribution in [2.24, 2.45) is 11.8 Å². The number of hydrogen-bond donors (Lipinski definition) is 1. The number of hydrogen-bond acceptors (Lipinski definition) is 3. The zero-order valence-electron chi connectivity index (χ0n) is 12.6. The minimum Gasteiger partial charge on any atom is -0.314 e. The van der Waals surface area contributed by atoms with Gasteiger partial charge in [-0.1, -0.05) is 13.3 Å². The molecule has 3 fully saturated rings. The molecule has 2 unspecified atom stereocenters. The molecule has 3 rings (SSSR count). The van der Waals surface area contributed by atoms with Crippen molar-refractivity contribution < 1.29 is 0 Å². The molecule has 2 atom stereocenters. The summed E-state index contributed by atoms with van der Waals surface area (Å²) in [5.41, 5.74) is 0. The van der Waals surface area contributed by atoms with Gasteiger partial charge in [0, 0.05) is 45.3 Å². The van der Waals surface area contributed by atoms with Crippen molar-refractivity contribution in [1.29, 1.82) is 0 Å². The Morgan fingerprint density at radius 3 is 2.21 bits per heavy atom. The van der Waals surface area contributed by atoms with E-state index in [9.17, 15) is 0 Å². The molecular weight excluding hydrogens is 234 g/mol. The molecule has 110 valence electrons. The topological polar surface area (TPSA) is 18.5 Å². The second kappa shape index (κ2) is 6.55. The quantitative estimate of drug-likeness (QED) is 0.790. The Hall–Kier alpha value is -0.120. The summed E-state index contributed by atoms with van der Waals surface area (Å²) in [6, 6.07) is 0.800. The molecule has 1 heterocycles. The average Bonchev–Trinajstić information content (AvgIpc) is 3.13. The lowest BCUT2D eigenvalue weighted by Gasteiger charge is -2.37. The van der Waals surface area contributed by atoms with Crippen LogP contribution in [0.3, 0.4) is 0 Å². The molecule has 1 saturated heterocycles. The standard InChI is InChI=1S/C16H31N3/c1-2-17-16-5-3-4-15(16)13-19-10-8-18(9-11-19)12-14-6-7-14/h14-17H,2-13H2,1H3. The first-order chi connectivity index (χ1) is 9.35. The van der Waals surface area contributed by atoms with Crippen LogP contribution >= 0.6 is 0 Å². The minimum absolute atomic E-state index is 0.800.